The van der Waals surface area contributed by atoms with Gasteiger partial charge in [-0.05, 0) is 72.0 Å². The fourth-order valence-corrected chi connectivity index (χ4v) is 2.90. The Bertz CT molecular complexity index is 691. The Hall–Kier alpha value is -1.61. The van der Waals surface area contributed by atoms with Gasteiger partial charge in [0.2, 0.25) is 5.88 Å². The molecule has 0 aliphatic heterocycles. The monoisotopic (exact) mass is 376 g/mol. The molecule has 0 amide bonds. The van der Waals surface area contributed by atoms with Crippen LogP contribution in [-0.2, 0) is 12.8 Å². The Morgan fingerprint density at radius 1 is 1.20 bits per heavy atom. The molecule has 0 spiro atoms. The first-order valence-electron chi connectivity index (χ1n) is 6.63. The van der Waals surface area contributed by atoms with E-state index in [1.807, 2.05) is 30.3 Å². The second kappa shape index (κ2) is 5.80. The van der Waals surface area contributed by atoms with E-state index in [0.29, 0.717) is 11.4 Å². The molecule has 0 unspecified atom stereocenters. The van der Waals surface area contributed by atoms with Crippen molar-refractivity contribution in [3.05, 3.63) is 50.7 Å². The van der Waals surface area contributed by atoms with Crippen LogP contribution >= 0.6 is 22.6 Å². The Labute approximate surface area is 131 Å². The first-order valence-corrected chi connectivity index (χ1v) is 7.71. The predicted octanol–water partition coefficient (Wildman–Crippen LogP) is 4.23. The van der Waals surface area contributed by atoms with Crippen molar-refractivity contribution in [3.8, 4) is 17.7 Å². The maximum Gasteiger partial charge on any atom is 0.237 e. The molecule has 3 rings (SSSR count). The molecule has 20 heavy (non-hydrogen) atoms. The summed E-state index contributed by atoms with van der Waals surface area (Å²) >= 11 is 2.22. The van der Waals surface area contributed by atoms with Gasteiger partial charge >= 0.3 is 0 Å². The smallest absolute Gasteiger partial charge is 0.237 e. The van der Waals surface area contributed by atoms with Crippen molar-refractivity contribution < 1.29 is 4.74 Å². The molecule has 100 valence electrons. The number of halogens is 1. The van der Waals surface area contributed by atoms with Gasteiger partial charge in [-0.25, -0.2) is 4.98 Å². The number of aromatic nitrogens is 1. The minimum Gasteiger partial charge on any atom is -0.437 e. The lowest BCUT2D eigenvalue weighted by Crippen LogP contribution is -2.07. The standard InChI is InChI=1S/C16H13IN2O/c17-13-6-2-4-8-15(13)20-16-12(10-18)9-11-5-1-3-7-14(11)19-16/h2,4,6,8-9H,1,3,5,7H2. The molecule has 1 aliphatic rings. The summed E-state index contributed by atoms with van der Waals surface area (Å²) < 4.78 is 6.86. The average molecular weight is 376 g/mol. The number of para-hydroxylation sites is 1. The van der Waals surface area contributed by atoms with Gasteiger partial charge in [0.05, 0.1) is 3.57 Å². The summed E-state index contributed by atoms with van der Waals surface area (Å²) in [6.07, 6.45) is 4.33. The molecule has 0 saturated carbocycles. The second-order valence-electron chi connectivity index (χ2n) is 4.80. The zero-order valence-corrected chi connectivity index (χ0v) is 13.1. The lowest BCUT2D eigenvalue weighted by Gasteiger charge is -2.17. The van der Waals surface area contributed by atoms with E-state index in [0.717, 1.165) is 34.3 Å². The summed E-state index contributed by atoms with van der Waals surface area (Å²) in [5.74, 6) is 1.17. The Morgan fingerprint density at radius 3 is 2.80 bits per heavy atom. The third kappa shape index (κ3) is 2.63. The fourth-order valence-electron chi connectivity index (χ4n) is 2.40. The Balaban J connectivity index is 2.01. The van der Waals surface area contributed by atoms with Gasteiger partial charge in [0.15, 0.2) is 0 Å². The molecule has 0 atom stereocenters. The predicted molar refractivity (Wildman–Crippen MR) is 84.8 cm³/mol. The molecule has 2 aromatic rings. The largest absolute Gasteiger partial charge is 0.437 e. The van der Waals surface area contributed by atoms with Crippen LogP contribution in [0.15, 0.2) is 30.3 Å². The number of hydrogen-bond acceptors (Lipinski definition) is 3. The molecular formula is C16H13IN2O. The summed E-state index contributed by atoms with van der Waals surface area (Å²) in [7, 11) is 0. The normalized spacial score (nSPS) is 13.4. The van der Waals surface area contributed by atoms with E-state index in [-0.39, 0.29) is 0 Å². The van der Waals surface area contributed by atoms with E-state index in [2.05, 4.69) is 33.6 Å². The van der Waals surface area contributed by atoms with Gasteiger partial charge < -0.3 is 4.74 Å². The highest BCUT2D eigenvalue weighted by molar-refractivity contribution is 14.1. The molecule has 0 saturated heterocycles. The third-order valence-corrected chi connectivity index (χ3v) is 4.32. The number of hydrogen-bond donors (Lipinski definition) is 0. The molecular weight excluding hydrogens is 363 g/mol. The summed E-state index contributed by atoms with van der Waals surface area (Å²) in [4.78, 5) is 4.57. The van der Waals surface area contributed by atoms with Gasteiger partial charge in [0.1, 0.15) is 17.4 Å². The number of ether oxygens (including phenoxy) is 1. The topological polar surface area (TPSA) is 45.9 Å². The highest BCUT2D eigenvalue weighted by atomic mass is 127. The maximum absolute atomic E-state index is 9.30. The number of rotatable bonds is 2. The second-order valence-corrected chi connectivity index (χ2v) is 5.96. The van der Waals surface area contributed by atoms with Gasteiger partial charge in [-0.1, -0.05) is 12.1 Å². The van der Waals surface area contributed by atoms with E-state index < -0.39 is 0 Å². The van der Waals surface area contributed by atoms with Crippen LogP contribution in [0.4, 0.5) is 0 Å². The maximum atomic E-state index is 9.30. The van der Waals surface area contributed by atoms with Crippen LogP contribution in [0.3, 0.4) is 0 Å². The highest BCUT2D eigenvalue weighted by Gasteiger charge is 2.16. The first-order chi connectivity index (χ1) is 9.78. The molecule has 0 bridgehead atoms. The van der Waals surface area contributed by atoms with Crippen LogP contribution in [0.1, 0.15) is 29.7 Å². The fraction of sp³-hybridized carbons (Fsp3) is 0.250. The minimum atomic E-state index is 0.428. The van der Waals surface area contributed by atoms with E-state index in [9.17, 15) is 5.26 Å². The molecule has 1 aliphatic carbocycles. The minimum absolute atomic E-state index is 0.428. The van der Waals surface area contributed by atoms with Crippen molar-refractivity contribution in [3.63, 3.8) is 0 Å². The number of aryl methyl sites for hydroxylation is 2. The SMILES string of the molecule is N#Cc1cc2c(nc1Oc1ccccc1I)CCCC2. The van der Waals surface area contributed by atoms with Crippen molar-refractivity contribution in [2.45, 2.75) is 25.7 Å². The van der Waals surface area contributed by atoms with Gasteiger partial charge in [0, 0.05) is 5.69 Å². The number of pyridine rings is 1. The van der Waals surface area contributed by atoms with Crippen LogP contribution in [0.25, 0.3) is 0 Å². The van der Waals surface area contributed by atoms with Gasteiger partial charge in [-0.15, -0.1) is 0 Å². The van der Waals surface area contributed by atoms with Gasteiger partial charge in [0.25, 0.3) is 0 Å². The number of benzene rings is 1. The number of nitrogens with zero attached hydrogens (tertiary/aromatic N) is 2. The summed E-state index contributed by atoms with van der Waals surface area (Å²) in [5.41, 5.74) is 2.80. The lowest BCUT2D eigenvalue weighted by atomic mass is 9.95. The zero-order valence-electron chi connectivity index (χ0n) is 10.9. The third-order valence-electron chi connectivity index (χ3n) is 3.43. The van der Waals surface area contributed by atoms with E-state index in [1.54, 1.807) is 0 Å². The van der Waals surface area contributed by atoms with Gasteiger partial charge in [-0.2, -0.15) is 5.26 Å². The van der Waals surface area contributed by atoms with Crippen molar-refractivity contribution in [2.75, 3.05) is 0 Å². The lowest BCUT2D eigenvalue weighted by molar-refractivity contribution is 0.453. The van der Waals surface area contributed by atoms with Crippen LogP contribution in [-0.4, -0.2) is 4.98 Å². The molecule has 0 N–H and O–H groups in total. The van der Waals surface area contributed by atoms with Crippen LogP contribution in [0.5, 0.6) is 11.6 Å². The van der Waals surface area contributed by atoms with Crippen LogP contribution in [0.2, 0.25) is 0 Å². The summed E-state index contributed by atoms with van der Waals surface area (Å²) in [6, 6.07) is 11.9. The number of nitriles is 1. The van der Waals surface area contributed by atoms with Crippen molar-refractivity contribution in [1.82, 2.24) is 4.98 Å². The summed E-state index contributed by atoms with van der Waals surface area (Å²) in [5, 5.41) is 9.30. The van der Waals surface area contributed by atoms with E-state index in [4.69, 9.17) is 4.74 Å². The first kappa shape index (κ1) is 13.4. The Kier molecular flexibility index (Phi) is 3.88. The molecule has 1 aromatic heterocycles. The van der Waals surface area contributed by atoms with Gasteiger partial charge in [-0.3, -0.25) is 0 Å². The molecule has 4 heteroatoms. The zero-order chi connectivity index (χ0) is 13.9. The average Bonchev–Trinajstić information content (AvgIpc) is 2.49. The molecule has 0 fully saturated rings. The van der Waals surface area contributed by atoms with Crippen molar-refractivity contribution >= 4 is 22.6 Å². The molecule has 0 radical (unpaired) electrons. The summed E-state index contributed by atoms with van der Waals surface area (Å²) in [6.45, 7) is 0. The van der Waals surface area contributed by atoms with Crippen LogP contribution in [0, 0.1) is 14.9 Å². The van der Waals surface area contributed by atoms with Crippen LogP contribution < -0.4 is 4.74 Å². The molecule has 3 nitrogen and oxygen atoms in total. The Morgan fingerprint density at radius 2 is 2.00 bits per heavy atom. The number of fused-ring (bicyclic) bond motifs is 1. The van der Waals surface area contributed by atoms with E-state index in [1.165, 1.54) is 12.0 Å². The highest BCUT2D eigenvalue weighted by Crippen LogP contribution is 2.30. The van der Waals surface area contributed by atoms with E-state index >= 15 is 0 Å². The molecule has 1 heterocycles. The quantitative estimate of drug-likeness (QED) is 0.737. The van der Waals surface area contributed by atoms with Crippen molar-refractivity contribution in [1.29, 1.82) is 5.26 Å². The molecule has 1 aromatic carbocycles. The van der Waals surface area contributed by atoms with Crippen molar-refractivity contribution in [2.24, 2.45) is 0 Å².